The van der Waals surface area contributed by atoms with Crippen molar-refractivity contribution in [2.24, 2.45) is 0 Å². The molecule has 12 heavy (non-hydrogen) atoms. The lowest BCUT2D eigenvalue weighted by Gasteiger charge is -2.03. The molecule has 0 saturated heterocycles. The summed E-state index contributed by atoms with van der Waals surface area (Å²) in [5.74, 6) is 0. The van der Waals surface area contributed by atoms with Gasteiger partial charge < -0.3 is 0 Å². The van der Waals surface area contributed by atoms with Crippen LogP contribution < -0.4 is 0 Å². The second-order valence-electron chi connectivity index (χ2n) is 3.43. The van der Waals surface area contributed by atoms with Crippen molar-refractivity contribution in [2.45, 2.75) is 40.5 Å². The standard InChI is InChI=1S/C11H18O/c1-9(2)11(4)6-5-10(3)7-8-12/h7-8H,5-6H2,1-4H3. The Balaban J connectivity index is 3.92. The summed E-state index contributed by atoms with van der Waals surface area (Å²) < 4.78 is 0. The van der Waals surface area contributed by atoms with Crippen LogP contribution in [0.3, 0.4) is 0 Å². The fourth-order valence-electron chi connectivity index (χ4n) is 0.834. The average molecular weight is 166 g/mol. The van der Waals surface area contributed by atoms with Crippen LogP contribution in [0.4, 0.5) is 0 Å². The first-order chi connectivity index (χ1) is 5.57. The molecule has 0 aromatic carbocycles. The van der Waals surface area contributed by atoms with E-state index in [0.717, 1.165) is 24.7 Å². The highest BCUT2D eigenvalue weighted by Gasteiger charge is 1.93. The maximum Gasteiger partial charge on any atom is 0.142 e. The van der Waals surface area contributed by atoms with E-state index < -0.39 is 0 Å². The van der Waals surface area contributed by atoms with Gasteiger partial charge >= 0.3 is 0 Å². The molecule has 68 valence electrons. The molecule has 0 unspecified atom stereocenters. The molecule has 0 aromatic rings. The molecule has 0 aliphatic rings. The van der Waals surface area contributed by atoms with Crippen molar-refractivity contribution in [1.29, 1.82) is 0 Å². The number of hydrogen-bond acceptors (Lipinski definition) is 1. The van der Waals surface area contributed by atoms with Gasteiger partial charge in [0.15, 0.2) is 0 Å². The minimum atomic E-state index is 0.854. The van der Waals surface area contributed by atoms with Crippen molar-refractivity contribution in [2.75, 3.05) is 0 Å². The lowest BCUT2D eigenvalue weighted by Crippen LogP contribution is -1.84. The van der Waals surface area contributed by atoms with Crippen LogP contribution >= 0.6 is 0 Å². The van der Waals surface area contributed by atoms with E-state index in [1.165, 1.54) is 11.1 Å². The summed E-state index contributed by atoms with van der Waals surface area (Å²) in [5, 5.41) is 0. The van der Waals surface area contributed by atoms with Crippen LogP contribution in [0.2, 0.25) is 0 Å². The van der Waals surface area contributed by atoms with Gasteiger partial charge in [0, 0.05) is 0 Å². The Bertz CT molecular complexity index is 205. The van der Waals surface area contributed by atoms with Gasteiger partial charge in [-0.3, -0.25) is 4.79 Å². The predicted octanol–water partition coefficient (Wildman–Crippen LogP) is 3.27. The summed E-state index contributed by atoms with van der Waals surface area (Å²) in [6.45, 7) is 8.37. The van der Waals surface area contributed by atoms with E-state index in [0.29, 0.717) is 0 Å². The van der Waals surface area contributed by atoms with Crippen molar-refractivity contribution >= 4 is 6.29 Å². The number of aldehydes is 1. The van der Waals surface area contributed by atoms with Crippen molar-refractivity contribution in [1.82, 2.24) is 0 Å². The minimum Gasteiger partial charge on any atom is -0.299 e. The van der Waals surface area contributed by atoms with Gasteiger partial charge in [0.25, 0.3) is 0 Å². The highest BCUT2D eigenvalue weighted by molar-refractivity contribution is 5.65. The molecule has 0 heterocycles. The molecule has 0 spiro atoms. The number of carbonyl (C=O) groups excluding carboxylic acids is 1. The highest BCUT2D eigenvalue weighted by Crippen LogP contribution is 2.13. The van der Waals surface area contributed by atoms with Crippen molar-refractivity contribution in [3.05, 3.63) is 22.8 Å². The van der Waals surface area contributed by atoms with Crippen LogP contribution in [0.25, 0.3) is 0 Å². The Kier molecular flexibility index (Phi) is 5.35. The molecule has 0 atom stereocenters. The Morgan fingerprint density at radius 1 is 1.08 bits per heavy atom. The molecule has 0 amide bonds. The number of carbonyl (C=O) groups is 1. The van der Waals surface area contributed by atoms with Crippen LogP contribution in [0.1, 0.15) is 40.5 Å². The molecule has 1 heteroatoms. The average Bonchev–Trinajstić information content (AvgIpc) is 2.00. The Hall–Kier alpha value is -0.850. The third-order valence-corrected chi connectivity index (χ3v) is 2.10. The molecule has 0 N–H and O–H groups in total. The van der Waals surface area contributed by atoms with Gasteiger partial charge in [-0.1, -0.05) is 16.7 Å². The number of rotatable bonds is 4. The zero-order valence-electron chi connectivity index (χ0n) is 8.48. The van der Waals surface area contributed by atoms with E-state index in [1.54, 1.807) is 6.08 Å². The summed E-state index contributed by atoms with van der Waals surface area (Å²) in [4.78, 5) is 10.1. The van der Waals surface area contributed by atoms with Crippen LogP contribution in [0, 0.1) is 0 Å². The predicted molar refractivity (Wildman–Crippen MR) is 53.1 cm³/mol. The summed E-state index contributed by atoms with van der Waals surface area (Å²) >= 11 is 0. The Labute approximate surface area is 75.2 Å². The van der Waals surface area contributed by atoms with E-state index in [-0.39, 0.29) is 0 Å². The molecule has 0 aromatic heterocycles. The zero-order valence-corrected chi connectivity index (χ0v) is 8.48. The first-order valence-corrected chi connectivity index (χ1v) is 4.31. The van der Waals surface area contributed by atoms with Crippen molar-refractivity contribution < 1.29 is 4.79 Å². The lowest BCUT2D eigenvalue weighted by atomic mass is 10.0. The van der Waals surface area contributed by atoms with Gasteiger partial charge in [0.1, 0.15) is 6.29 Å². The summed E-state index contributed by atoms with van der Waals surface area (Å²) in [6.07, 6.45) is 4.56. The fourth-order valence-corrected chi connectivity index (χ4v) is 0.834. The van der Waals surface area contributed by atoms with Crippen molar-refractivity contribution in [3.63, 3.8) is 0 Å². The van der Waals surface area contributed by atoms with Gasteiger partial charge in [-0.05, 0) is 46.6 Å². The van der Waals surface area contributed by atoms with E-state index in [1.807, 2.05) is 6.92 Å². The second kappa shape index (κ2) is 5.76. The van der Waals surface area contributed by atoms with Gasteiger partial charge in [0.2, 0.25) is 0 Å². The van der Waals surface area contributed by atoms with Crippen LogP contribution in [0.5, 0.6) is 0 Å². The van der Waals surface area contributed by atoms with E-state index in [4.69, 9.17) is 0 Å². The topological polar surface area (TPSA) is 17.1 Å². The monoisotopic (exact) mass is 166 g/mol. The highest BCUT2D eigenvalue weighted by atomic mass is 16.1. The minimum absolute atomic E-state index is 0.854. The molecule has 0 saturated carbocycles. The molecule has 0 aliphatic heterocycles. The molecule has 1 nitrogen and oxygen atoms in total. The van der Waals surface area contributed by atoms with Crippen LogP contribution in [-0.2, 0) is 4.79 Å². The third kappa shape index (κ3) is 4.89. The maximum absolute atomic E-state index is 10.1. The molecule has 0 rings (SSSR count). The van der Waals surface area contributed by atoms with Gasteiger partial charge in [-0.25, -0.2) is 0 Å². The number of allylic oxidation sites excluding steroid dienone is 4. The quantitative estimate of drug-likeness (QED) is 0.356. The Morgan fingerprint density at radius 2 is 1.67 bits per heavy atom. The summed E-state index contributed by atoms with van der Waals surface area (Å²) in [6, 6.07) is 0. The first kappa shape index (κ1) is 11.2. The van der Waals surface area contributed by atoms with E-state index in [2.05, 4.69) is 20.8 Å². The molecular weight excluding hydrogens is 148 g/mol. The van der Waals surface area contributed by atoms with E-state index in [9.17, 15) is 4.79 Å². The molecule has 0 fully saturated rings. The van der Waals surface area contributed by atoms with Gasteiger partial charge in [-0.15, -0.1) is 0 Å². The normalized spacial score (nSPS) is 11.2. The van der Waals surface area contributed by atoms with E-state index >= 15 is 0 Å². The molecule has 0 radical (unpaired) electrons. The maximum atomic E-state index is 10.1. The molecule has 0 bridgehead atoms. The van der Waals surface area contributed by atoms with Gasteiger partial charge in [0.05, 0.1) is 0 Å². The molecule has 0 aliphatic carbocycles. The fraction of sp³-hybridized carbons (Fsp3) is 0.545. The lowest BCUT2D eigenvalue weighted by molar-refractivity contribution is -0.104. The largest absolute Gasteiger partial charge is 0.299 e. The summed E-state index contributed by atoms with van der Waals surface area (Å²) in [5.41, 5.74) is 3.97. The van der Waals surface area contributed by atoms with Crippen LogP contribution in [-0.4, -0.2) is 6.29 Å². The summed E-state index contributed by atoms with van der Waals surface area (Å²) in [7, 11) is 0. The Morgan fingerprint density at radius 3 is 2.08 bits per heavy atom. The second-order valence-corrected chi connectivity index (χ2v) is 3.43. The molecular formula is C11H18O. The van der Waals surface area contributed by atoms with Gasteiger partial charge in [-0.2, -0.15) is 0 Å². The zero-order chi connectivity index (χ0) is 9.56. The third-order valence-electron chi connectivity index (χ3n) is 2.10. The van der Waals surface area contributed by atoms with Crippen molar-refractivity contribution in [3.8, 4) is 0 Å². The first-order valence-electron chi connectivity index (χ1n) is 4.31. The smallest absolute Gasteiger partial charge is 0.142 e. The number of hydrogen-bond donors (Lipinski definition) is 0. The SMILES string of the molecule is CC(=CC=O)CCC(C)=C(C)C. The van der Waals surface area contributed by atoms with Crippen LogP contribution in [0.15, 0.2) is 22.8 Å².